The summed E-state index contributed by atoms with van der Waals surface area (Å²) in [6.07, 6.45) is 5.08. The lowest BCUT2D eigenvalue weighted by Gasteiger charge is -2.29. The van der Waals surface area contributed by atoms with Crippen molar-refractivity contribution in [3.8, 4) is 0 Å². The molecule has 7 heteroatoms. The van der Waals surface area contributed by atoms with Crippen molar-refractivity contribution in [1.82, 2.24) is 0 Å². The maximum absolute atomic E-state index is 12.5. The highest BCUT2D eigenvalue weighted by Gasteiger charge is 2.23. The molecule has 3 aromatic rings. The van der Waals surface area contributed by atoms with Crippen LogP contribution in [0.1, 0.15) is 58.8 Å². The van der Waals surface area contributed by atoms with Crippen LogP contribution in [0.25, 0.3) is 0 Å². The summed E-state index contributed by atoms with van der Waals surface area (Å²) in [7, 11) is 1.37. The van der Waals surface area contributed by atoms with Crippen LogP contribution in [0.2, 0.25) is 0 Å². The average Bonchev–Trinajstić information content (AvgIpc) is 3.35. The van der Waals surface area contributed by atoms with Crippen LogP contribution in [0.15, 0.2) is 53.2 Å². The molecule has 1 aliphatic carbocycles. The molecule has 1 aliphatic rings. The number of ether oxygens (including phenoxy) is 1. The molecular formula is C26H29N3O3S. The number of fused-ring (bicyclic) bond motifs is 1. The standard InChI is InChI=1S/C26H29N3O3S/c1-32-26(31)18-8-10-19(11-9-18)28-22-6-3-5-21-20(22)12-13-23(25(21)27)29-24(30)7-2-4-17-14-15-33-16-17/h8-16,22,28H,2-7,27H2,1H3,(H,29,30). The Bertz CT molecular complexity index is 1110. The number of anilines is 3. The monoisotopic (exact) mass is 463 g/mol. The number of thiophene rings is 1. The van der Waals surface area contributed by atoms with E-state index in [-0.39, 0.29) is 17.9 Å². The van der Waals surface area contributed by atoms with Gasteiger partial charge in [0.15, 0.2) is 0 Å². The summed E-state index contributed by atoms with van der Waals surface area (Å²) in [4.78, 5) is 24.1. The lowest BCUT2D eigenvalue weighted by Crippen LogP contribution is -2.20. The molecule has 0 saturated heterocycles. The number of hydrogen-bond donors (Lipinski definition) is 3. The molecule has 1 atom stereocenters. The van der Waals surface area contributed by atoms with Crippen molar-refractivity contribution in [1.29, 1.82) is 0 Å². The molecule has 4 N–H and O–H groups in total. The summed E-state index contributed by atoms with van der Waals surface area (Å²) in [5, 5.41) is 10.7. The van der Waals surface area contributed by atoms with Crippen LogP contribution in [0.4, 0.5) is 17.1 Å². The lowest BCUT2D eigenvalue weighted by atomic mass is 9.86. The van der Waals surface area contributed by atoms with Gasteiger partial charge in [0.1, 0.15) is 0 Å². The number of nitrogens with one attached hydrogen (secondary N) is 2. The number of aryl methyl sites for hydroxylation is 1. The quantitative estimate of drug-likeness (QED) is 0.300. The number of methoxy groups -OCH3 is 1. The van der Waals surface area contributed by atoms with Crippen molar-refractivity contribution < 1.29 is 14.3 Å². The molecule has 172 valence electrons. The van der Waals surface area contributed by atoms with Crippen molar-refractivity contribution in [3.05, 3.63) is 75.5 Å². The number of nitrogens with two attached hydrogens (primary N) is 1. The highest BCUT2D eigenvalue weighted by Crippen LogP contribution is 2.38. The van der Waals surface area contributed by atoms with E-state index >= 15 is 0 Å². The summed E-state index contributed by atoms with van der Waals surface area (Å²) in [6, 6.07) is 13.5. The van der Waals surface area contributed by atoms with Gasteiger partial charge in [0.2, 0.25) is 5.91 Å². The molecule has 1 heterocycles. The van der Waals surface area contributed by atoms with E-state index in [1.54, 1.807) is 23.5 Å². The number of rotatable bonds is 8. The zero-order chi connectivity index (χ0) is 23.2. The second-order valence-corrected chi connectivity index (χ2v) is 9.07. The van der Waals surface area contributed by atoms with Crippen LogP contribution in [0.3, 0.4) is 0 Å². The predicted molar refractivity (Wildman–Crippen MR) is 134 cm³/mol. The maximum Gasteiger partial charge on any atom is 0.337 e. The number of nitrogen functional groups attached to an aromatic ring is 1. The van der Waals surface area contributed by atoms with Crippen LogP contribution < -0.4 is 16.4 Å². The van der Waals surface area contributed by atoms with Gasteiger partial charge in [-0.25, -0.2) is 4.79 Å². The minimum Gasteiger partial charge on any atom is -0.465 e. The number of benzene rings is 2. The summed E-state index contributed by atoms with van der Waals surface area (Å²) in [5.74, 6) is -0.355. The molecule has 0 fully saturated rings. The van der Waals surface area contributed by atoms with Crippen LogP contribution in [-0.2, 0) is 22.4 Å². The van der Waals surface area contributed by atoms with Gasteiger partial charge in [-0.05, 0) is 96.0 Å². The van der Waals surface area contributed by atoms with Crippen LogP contribution in [-0.4, -0.2) is 19.0 Å². The highest BCUT2D eigenvalue weighted by atomic mass is 32.1. The van der Waals surface area contributed by atoms with Gasteiger partial charge in [-0.15, -0.1) is 0 Å². The number of carbonyl (C=O) groups excluding carboxylic acids is 2. The van der Waals surface area contributed by atoms with Gasteiger partial charge in [0.25, 0.3) is 0 Å². The number of esters is 1. The average molecular weight is 464 g/mol. The molecule has 6 nitrogen and oxygen atoms in total. The van der Waals surface area contributed by atoms with Gasteiger partial charge in [-0.2, -0.15) is 11.3 Å². The molecule has 1 aromatic heterocycles. The SMILES string of the molecule is COC(=O)c1ccc(NC2CCCc3c2ccc(NC(=O)CCCc2ccsc2)c3N)cc1. The summed E-state index contributed by atoms with van der Waals surface area (Å²) in [5.41, 5.74) is 12.8. The van der Waals surface area contributed by atoms with Crippen LogP contribution in [0.5, 0.6) is 0 Å². The van der Waals surface area contributed by atoms with Gasteiger partial charge in [0.05, 0.1) is 30.1 Å². The Hall–Kier alpha value is -3.32. The summed E-state index contributed by atoms with van der Waals surface area (Å²) < 4.78 is 4.76. The predicted octanol–water partition coefficient (Wildman–Crippen LogP) is 5.57. The van der Waals surface area contributed by atoms with Gasteiger partial charge in [0, 0.05) is 12.1 Å². The highest BCUT2D eigenvalue weighted by molar-refractivity contribution is 7.07. The minimum atomic E-state index is -0.349. The van der Waals surface area contributed by atoms with Crippen molar-refractivity contribution in [3.63, 3.8) is 0 Å². The number of carbonyl (C=O) groups is 2. The van der Waals surface area contributed by atoms with Gasteiger partial charge in [-0.1, -0.05) is 6.07 Å². The van der Waals surface area contributed by atoms with E-state index in [9.17, 15) is 9.59 Å². The Morgan fingerprint density at radius 2 is 1.97 bits per heavy atom. The zero-order valence-corrected chi connectivity index (χ0v) is 19.5. The summed E-state index contributed by atoms with van der Waals surface area (Å²) >= 11 is 1.68. The van der Waals surface area contributed by atoms with Crippen LogP contribution >= 0.6 is 11.3 Å². The topological polar surface area (TPSA) is 93.5 Å². The fraction of sp³-hybridized carbons (Fsp3) is 0.308. The zero-order valence-electron chi connectivity index (χ0n) is 18.7. The summed E-state index contributed by atoms with van der Waals surface area (Å²) in [6.45, 7) is 0. The Kier molecular flexibility index (Phi) is 7.29. The molecule has 4 rings (SSSR count). The van der Waals surface area contributed by atoms with Gasteiger partial charge in [-0.3, -0.25) is 4.79 Å². The Balaban J connectivity index is 1.40. The van der Waals surface area contributed by atoms with E-state index in [4.69, 9.17) is 10.5 Å². The first-order valence-corrected chi connectivity index (χ1v) is 12.2. The van der Waals surface area contributed by atoms with E-state index in [1.807, 2.05) is 18.2 Å². The van der Waals surface area contributed by atoms with Gasteiger partial charge >= 0.3 is 5.97 Å². The normalized spacial score (nSPS) is 14.9. The molecule has 2 aromatic carbocycles. The molecule has 1 amide bonds. The number of amides is 1. The first-order valence-electron chi connectivity index (χ1n) is 11.2. The molecule has 0 aliphatic heterocycles. The third kappa shape index (κ3) is 5.54. The molecule has 0 radical (unpaired) electrons. The van der Waals surface area contributed by atoms with Crippen molar-refractivity contribution in [2.75, 3.05) is 23.5 Å². The second kappa shape index (κ2) is 10.5. The molecule has 33 heavy (non-hydrogen) atoms. The van der Waals surface area contributed by atoms with Gasteiger partial charge < -0.3 is 21.1 Å². The minimum absolute atomic E-state index is 0.00643. The molecule has 0 spiro atoms. The maximum atomic E-state index is 12.5. The Morgan fingerprint density at radius 3 is 2.70 bits per heavy atom. The molecule has 0 saturated carbocycles. The fourth-order valence-electron chi connectivity index (χ4n) is 4.31. The first kappa shape index (κ1) is 22.9. The fourth-order valence-corrected chi connectivity index (χ4v) is 5.01. The van der Waals surface area contributed by atoms with Crippen molar-refractivity contribution in [2.24, 2.45) is 0 Å². The molecule has 0 bridgehead atoms. The molecule has 1 unspecified atom stereocenters. The third-order valence-corrected chi connectivity index (χ3v) is 6.79. The lowest BCUT2D eigenvalue weighted by molar-refractivity contribution is -0.116. The van der Waals surface area contributed by atoms with Crippen molar-refractivity contribution >= 4 is 40.3 Å². The Labute approximate surface area is 198 Å². The van der Waals surface area contributed by atoms with E-state index in [0.717, 1.165) is 48.9 Å². The van der Waals surface area contributed by atoms with Crippen molar-refractivity contribution in [2.45, 2.75) is 44.6 Å². The largest absolute Gasteiger partial charge is 0.465 e. The smallest absolute Gasteiger partial charge is 0.337 e. The third-order valence-electron chi connectivity index (χ3n) is 6.06. The van der Waals surface area contributed by atoms with E-state index in [1.165, 1.54) is 12.7 Å². The van der Waals surface area contributed by atoms with E-state index in [2.05, 4.69) is 33.5 Å². The second-order valence-electron chi connectivity index (χ2n) is 8.29. The van der Waals surface area contributed by atoms with E-state index < -0.39 is 0 Å². The number of hydrogen-bond acceptors (Lipinski definition) is 6. The first-order chi connectivity index (χ1) is 16.0. The Morgan fingerprint density at radius 1 is 1.15 bits per heavy atom. The van der Waals surface area contributed by atoms with E-state index in [0.29, 0.717) is 23.4 Å². The van der Waals surface area contributed by atoms with Crippen LogP contribution in [0, 0.1) is 0 Å². The molecular weight excluding hydrogens is 434 g/mol.